The van der Waals surface area contributed by atoms with Crippen LogP contribution in [-0.4, -0.2) is 63.6 Å². The number of nitrogens with zero attached hydrogens (tertiary/aromatic N) is 1. The monoisotopic (exact) mass is 316 g/mol. The summed E-state index contributed by atoms with van der Waals surface area (Å²) in [4.78, 5) is 24.9. The molecule has 0 saturated carbocycles. The summed E-state index contributed by atoms with van der Waals surface area (Å²) in [5, 5.41) is 23.1. The standard InChI is InChI=1S/C15H28N2O5/c1-6-7-10-12(19)13(20)11(8-16-9(2)18)17(10)14(21)22-15(3,4)5/h10-13,19-20H,6-8H2,1-5H3,(H,16,18). The van der Waals surface area contributed by atoms with Crippen molar-refractivity contribution in [2.75, 3.05) is 6.54 Å². The molecule has 1 fully saturated rings. The summed E-state index contributed by atoms with van der Waals surface area (Å²) in [6.07, 6.45) is -1.45. The van der Waals surface area contributed by atoms with E-state index in [1.807, 2.05) is 6.92 Å². The largest absolute Gasteiger partial charge is 0.444 e. The van der Waals surface area contributed by atoms with Gasteiger partial charge in [0.05, 0.1) is 12.1 Å². The summed E-state index contributed by atoms with van der Waals surface area (Å²) in [6, 6.07) is -1.22. The van der Waals surface area contributed by atoms with Gasteiger partial charge in [-0.05, 0) is 27.2 Å². The maximum Gasteiger partial charge on any atom is 0.411 e. The van der Waals surface area contributed by atoms with E-state index in [4.69, 9.17) is 4.74 Å². The maximum absolute atomic E-state index is 12.5. The van der Waals surface area contributed by atoms with Gasteiger partial charge in [-0.2, -0.15) is 0 Å². The number of ether oxygens (including phenoxy) is 1. The summed E-state index contributed by atoms with van der Waals surface area (Å²) >= 11 is 0. The Labute approximate surface area is 131 Å². The fourth-order valence-electron chi connectivity index (χ4n) is 2.69. The molecule has 4 unspecified atom stereocenters. The zero-order valence-electron chi connectivity index (χ0n) is 14.0. The van der Waals surface area contributed by atoms with Gasteiger partial charge in [-0.15, -0.1) is 0 Å². The molecule has 0 aromatic carbocycles. The fraction of sp³-hybridized carbons (Fsp3) is 0.867. The molecule has 0 aliphatic carbocycles. The van der Waals surface area contributed by atoms with Gasteiger partial charge in [-0.1, -0.05) is 13.3 Å². The zero-order chi connectivity index (χ0) is 17.1. The van der Waals surface area contributed by atoms with Crippen LogP contribution in [0.3, 0.4) is 0 Å². The maximum atomic E-state index is 12.5. The lowest BCUT2D eigenvalue weighted by Crippen LogP contribution is -2.50. The molecule has 7 nitrogen and oxygen atoms in total. The predicted molar refractivity (Wildman–Crippen MR) is 81.3 cm³/mol. The van der Waals surface area contributed by atoms with Crippen molar-refractivity contribution >= 4 is 12.0 Å². The first-order valence-electron chi connectivity index (χ1n) is 7.70. The smallest absolute Gasteiger partial charge is 0.411 e. The predicted octanol–water partition coefficient (Wildman–Crippen LogP) is 0.632. The van der Waals surface area contributed by atoms with E-state index in [1.54, 1.807) is 20.8 Å². The van der Waals surface area contributed by atoms with Crippen LogP contribution in [0.15, 0.2) is 0 Å². The van der Waals surface area contributed by atoms with Crippen molar-refractivity contribution in [2.24, 2.45) is 0 Å². The highest BCUT2D eigenvalue weighted by Gasteiger charge is 2.50. The number of nitrogens with one attached hydrogen (secondary N) is 1. The minimum Gasteiger partial charge on any atom is -0.444 e. The van der Waals surface area contributed by atoms with Gasteiger partial charge in [0.25, 0.3) is 0 Å². The Morgan fingerprint density at radius 2 is 1.73 bits per heavy atom. The number of hydrogen-bond donors (Lipinski definition) is 3. The normalized spacial score (nSPS) is 28.6. The Bertz CT molecular complexity index is 407. The third-order valence-electron chi connectivity index (χ3n) is 3.60. The second-order valence-corrected chi connectivity index (χ2v) is 6.73. The third kappa shape index (κ3) is 4.58. The first-order chi connectivity index (χ1) is 10.1. The summed E-state index contributed by atoms with van der Waals surface area (Å²) in [6.45, 7) is 8.64. The summed E-state index contributed by atoms with van der Waals surface area (Å²) in [5.41, 5.74) is -0.676. The third-order valence-corrected chi connectivity index (χ3v) is 3.60. The topological polar surface area (TPSA) is 99.1 Å². The van der Waals surface area contributed by atoms with Crippen molar-refractivity contribution in [1.29, 1.82) is 0 Å². The minimum atomic E-state index is -1.11. The first-order valence-corrected chi connectivity index (χ1v) is 7.70. The van der Waals surface area contributed by atoms with Crippen molar-refractivity contribution in [1.82, 2.24) is 10.2 Å². The van der Waals surface area contributed by atoms with Gasteiger partial charge in [-0.3, -0.25) is 9.69 Å². The van der Waals surface area contributed by atoms with Crippen LogP contribution in [0.2, 0.25) is 0 Å². The molecular weight excluding hydrogens is 288 g/mol. The van der Waals surface area contributed by atoms with E-state index in [0.717, 1.165) is 6.42 Å². The summed E-state index contributed by atoms with van der Waals surface area (Å²) in [7, 11) is 0. The SMILES string of the molecule is CCCC1C(O)C(O)C(CNC(C)=O)N1C(=O)OC(C)(C)C. The van der Waals surface area contributed by atoms with Crippen LogP contribution in [0.4, 0.5) is 4.79 Å². The number of rotatable bonds is 4. The number of aliphatic hydroxyl groups is 2. The van der Waals surface area contributed by atoms with Crippen LogP contribution in [0.25, 0.3) is 0 Å². The van der Waals surface area contributed by atoms with Crippen LogP contribution in [0, 0.1) is 0 Å². The molecule has 1 saturated heterocycles. The highest BCUT2D eigenvalue weighted by Crippen LogP contribution is 2.30. The lowest BCUT2D eigenvalue weighted by molar-refractivity contribution is -0.119. The molecule has 0 aromatic rings. The second-order valence-electron chi connectivity index (χ2n) is 6.73. The molecule has 0 radical (unpaired) electrons. The second kappa shape index (κ2) is 7.28. The van der Waals surface area contributed by atoms with E-state index in [9.17, 15) is 19.8 Å². The lowest BCUT2D eigenvalue weighted by Gasteiger charge is -2.32. The van der Waals surface area contributed by atoms with E-state index in [2.05, 4.69) is 5.32 Å². The van der Waals surface area contributed by atoms with Crippen molar-refractivity contribution in [3.05, 3.63) is 0 Å². The average molecular weight is 316 g/mol. The quantitative estimate of drug-likeness (QED) is 0.706. The molecule has 0 bridgehead atoms. The van der Waals surface area contributed by atoms with E-state index in [1.165, 1.54) is 11.8 Å². The minimum absolute atomic E-state index is 0.0764. The van der Waals surface area contributed by atoms with Crippen LogP contribution < -0.4 is 5.32 Å². The van der Waals surface area contributed by atoms with Crippen LogP contribution in [0.1, 0.15) is 47.5 Å². The number of carbonyl (C=O) groups is 2. The van der Waals surface area contributed by atoms with Gasteiger partial charge >= 0.3 is 6.09 Å². The van der Waals surface area contributed by atoms with E-state index in [0.29, 0.717) is 6.42 Å². The molecule has 0 aromatic heterocycles. The zero-order valence-corrected chi connectivity index (χ0v) is 14.0. The Kier molecular flexibility index (Phi) is 6.19. The van der Waals surface area contributed by atoms with Crippen molar-refractivity contribution in [3.8, 4) is 0 Å². The first kappa shape index (κ1) is 18.7. The molecule has 22 heavy (non-hydrogen) atoms. The molecule has 2 amide bonds. The van der Waals surface area contributed by atoms with Gasteiger partial charge in [0.15, 0.2) is 0 Å². The van der Waals surface area contributed by atoms with E-state index < -0.39 is 36.0 Å². The number of likely N-dealkylation sites (tertiary alicyclic amines) is 1. The highest BCUT2D eigenvalue weighted by atomic mass is 16.6. The average Bonchev–Trinajstić information content (AvgIpc) is 2.59. The molecule has 3 N–H and O–H groups in total. The molecule has 1 heterocycles. The molecule has 1 aliphatic rings. The Morgan fingerprint density at radius 3 is 2.18 bits per heavy atom. The van der Waals surface area contributed by atoms with Crippen LogP contribution in [-0.2, 0) is 9.53 Å². The summed E-state index contributed by atoms with van der Waals surface area (Å²) in [5.74, 6) is -0.259. The van der Waals surface area contributed by atoms with Crippen molar-refractivity contribution in [3.63, 3.8) is 0 Å². The Morgan fingerprint density at radius 1 is 1.18 bits per heavy atom. The number of carbonyl (C=O) groups excluding carboxylic acids is 2. The summed E-state index contributed by atoms with van der Waals surface area (Å²) < 4.78 is 5.38. The van der Waals surface area contributed by atoms with Crippen LogP contribution >= 0.6 is 0 Å². The molecule has 1 rings (SSSR count). The van der Waals surface area contributed by atoms with Crippen molar-refractivity contribution in [2.45, 2.75) is 77.4 Å². The number of aliphatic hydroxyl groups excluding tert-OH is 2. The van der Waals surface area contributed by atoms with E-state index >= 15 is 0 Å². The molecular formula is C15H28N2O5. The molecule has 4 atom stereocenters. The van der Waals surface area contributed by atoms with Gasteiger partial charge in [0.2, 0.25) is 5.91 Å². The van der Waals surface area contributed by atoms with Gasteiger partial charge in [0.1, 0.15) is 17.8 Å². The molecule has 1 aliphatic heterocycles. The Hall–Kier alpha value is -1.34. The van der Waals surface area contributed by atoms with Gasteiger partial charge in [-0.25, -0.2) is 4.79 Å². The number of hydrogen-bond acceptors (Lipinski definition) is 5. The Balaban J connectivity index is 2.99. The lowest BCUT2D eigenvalue weighted by atomic mass is 10.0. The van der Waals surface area contributed by atoms with Gasteiger partial charge < -0.3 is 20.3 Å². The number of amides is 2. The molecule has 0 spiro atoms. The van der Waals surface area contributed by atoms with E-state index in [-0.39, 0.29) is 12.5 Å². The highest BCUT2D eigenvalue weighted by molar-refractivity contribution is 5.73. The van der Waals surface area contributed by atoms with Gasteiger partial charge in [0, 0.05) is 13.5 Å². The molecule has 128 valence electrons. The van der Waals surface area contributed by atoms with Crippen LogP contribution in [0.5, 0.6) is 0 Å². The fourth-order valence-corrected chi connectivity index (χ4v) is 2.69. The van der Waals surface area contributed by atoms with Crippen molar-refractivity contribution < 1.29 is 24.5 Å². The molecule has 7 heteroatoms.